The molecule has 1 unspecified atom stereocenters. The summed E-state index contributed by atoms with van der Waals surface area (Å²) in [5, 5.41) is -0.252. The van der Waals surface area contributed by atoms with Crippen LogP contribution in [0.5, 0.6) is 0 Å². The van der Waals surface area contributed by atoms with Gasteiger partial charge in [0.15, 0.2) is 0 Å². The average Bonchev–Trinajstić information content (AvgIpc) is 3.18. The van der Waals surface area contributed by atoms with Crippen molar-refractivity contribution in [2.24, 2.45) is 5.92 Å². The van der Waals surface area contributed by atoms with Gasteiger partial charge in [0, 0.05) is 4.88 Å². The summed E-state index contributed by atoms with van der Waals surface area (Å²) in [5.41, 5.74) is -0.755. The van der Waals surface area contributed by atoms with Crippen LogP contribution in [0.15, 0.2) is 0 Å². The summed E-state index contributed by atoms with van der Waals surface area (Å²) in [6, 6.07) is 0. The van der Waals surface area contributed by atoms with Crippen molar-refractivity contribution in [1.29, 1.82) is 0 Å². The van der Waals surface area contributed by atoms with Crippen molar-refractivity contribution >= 4 is 28.2 Å². The van der Waals surface area contributed by atoms with Crippen LogP contribution in [0.4, 0.5) is 79.6 Å². The van der Waals surface area contributed by atoms with Crippen LogP contribution in [0, 0.1) is 5.92 Å². The van der Waals surface area contributed by atoms with Gasteiger partial charge in [-0.05, 0) is 30.7 Å². The van der Waals surface area contributed by atoms with Gasteiger partial charge in [-0.25, -0.2) is 4.79 Å². The lowest BCUT2D eigenvalue weighted by Gasteiger charge is -2.42. The highest BCUT2D eigenvalue weighted by atomic mass is 32.1. The Bertz CT molecular complexity index is 1220. The predicted octanol–water partition coefficient (Wildman–Crippen LogP) is 7.61. The quantitative estimate of drug-likeness (QED) is 0.217. The van der Waals surface area contributed by atoms with E-state index in [9.17, 15) is 84.2 Å². The minimum atomic E-state index is -8.81. The highest BCUT2D eigenvalue weighted by Gasteiger charge is 2.95. The van der Waals surface area contributed by atoms with Gasteiger partial charge < -0.3 is 10.1 Å². The third kappa shape index (κ3) is 4.83. The molecule has 1 aromatic rings. The van der Waals surface area contributed by atoms with Gasteiger partial charge in [-0.15, -0.1) is 11.3 Å². The fourth-order valence-corrected chi connectivity index (χ4v) is 5.04. The lowest BCUT2D eigenvalue weighted by molar-refractivity contribution is -0.459. The molecule has 1 N–H and O–H groups in total. The second-order valence-electron chi connectivity index (χ2n) is 9.02. The van der Waals surface area contributed by atoms with Crippen LogP contribution in [-0.2, 0) is 22.4 Å². The Labute approximate surface area is 226 Å². The Morgan fingerprint density at radius 2 is 1.17 bits per heavy atom. The maximum Gasteiger partial charge on any atom is 0.460 e. The molecule has 1 aliphatic carbocycles. The molecule has 0 saturated heterocycles. The van der Waals surface area contributed by atoms with Crippen LogP contribution in [0.3, 0.4) is 0 Å². The van der Waals surface area contributed by atoms with Crippen molar-refractivity contribution in [3.63, 3.8) is 0 Å². The van der Waals surface area contributed by atoms with Crippen LogP contribution in [0.2, 0.25) is 0 Å². The number of fused-ring (bicyclic) bond motifs is 1. The Morgan fingerprint density at radius 3 is 1.60 bits per heavy atom. The van der Waals surface area contributed by atoms with E-state index in [0.29, 0.717) is 13.5 Å². The molecular formula is C20H14F17NO3S. The minimum absolute atomic E-state index is 0.00396. The molecule has 0 saturated carbocycles. The topological polar surface area (TPSA) is 55.4 Å². The molecule has 0 spiro atoms. The lowest BCUT2D eigenvalue weighted by atomic mass is 9.88. The van der Waals surface area contributed by atoms with E-state index >= 15 is 0 Å². The minimum Gasteiger partial charge on any atom is -0.465 e. The predicted molar refractivity (Wildman–Crippen MR) is 106 cm³/mol. The molecule has 1 aliphatic rings. The molecular weight excluding hydrogens is 657 g/mol. The third-order valence-electron chi connectivity index (χ3n) is 6.14. The Kier molecular flexibility index (Phi) is 8.72. The molecule has 2 rings (SSSR count). The van der Waals surface area contributed by atoms with E-state index in [4.69, 9.17) is 0 Å². The molecule has 0 bridgehead atoms. The largest absolute Gasteiger partial charge is 0.465 e. The number of carbonyl (C=O) groups is 2. The lowest BCUT2D eigenvalue weighted by Crippen LogP contribution is -2.75. The van der Waals surface area contributed by atoms with Crippen molar-refractivity contribution in [2.75, 3.05) is 12.4 Å². The standard InChI is InChI=1S/C20H14F17NO3S/c1-6-3-4-7-8(5-6)42-10(9(7)11(39)41-2)38-12(40)13(21,22)14(23,24)15(25,26)16(27,28)17(29,30)18(31,32)19(33,34)20(35,36)37/h6H,3-5H2,1-2H3,(H,38,40). The van der Waals surface area contributed by atoms with Gasteiger partial charge in [0.05, 0.1) is 12.7 Å². The van der Waals surface area contributed by atoms with Crippen molar-refractivity contribution in [1.82, 2.24) is 0 Å². The molecule has 42 heavy (non-hydrogen) atoms. The van der Waals surface area contributed by atoms with E-state index in [1.54, 1.807) is 6.92 Å². The first kappa shape index (κ1) is 35.6. The Morgan fingerprint density at radius 1 is 0.738 bits per heavy atom. The molecule has 22 heteroatoms. The maximum absolute atomic E-state index is 14.3. The Hall–Kier alpha value is -2.55. The van der Waals surface area contributed by atoms with Crippen molar-refractivity contribution in [2.45, 2.75) is 73.8 Å². The first-order chi connectivity index (χ1) is 18.5. The van der Waals surface area contributed by atoms with Crippen molar-refractivity contribution in [3.05, 3.63) is 16.0 Å². The highest BCUT2D eigenvalue weighted by Crippen LogP contribution is 2.64. The summed E-state index contributed by atoms with van der Waals surface area (Å²) in [5.74, 6) is -63.9. The number of ether oxygens (including phenoxy) is 1. The van der Waals surface area contributed by atoms with Crippen LogP contribution >= 0.6 is 11.3 Å². The van der Waals surface area contributed by atoms with Gasteiger partial charge in [-0.1, -0.05) is 6.92 Å². The van der Waals surface area contributed by atoms with Crippen LogP contribution in [-0.4, -0.2) is 66.6 Å². The van der Waals surface area contributed by atoms with Gasteiger partial charge >= 0.3 is 59.5 Å². The summed E-state index contributed by atoms with van der Waals surface area (Å²) in [6.45, 7) is 1.65. The van der Waals surface area contributed by atoms with Gasteiger partial charge in [0.25, 0.3) is 0 Å². The Balaban J connectivity index is 2.59. The zero-order valence-corrected chi connectivity index (χ0v) is 21.1. The number of hydrogen-bond acceptors (Lipinski definition) is 4. The third-order valence-corrected chi connectivity index (χ3v) is 7.31. The fourth-order valence-electron chi connectivity index (χ4n) is 3.64. The zero-order valence-electron chi connectivity index (χ0n) is 20.3. The number of nitrogens with one attached hydrogen (secondary N) is 1. The zero-order chi connectivity index (χ0) is 33.3. The van der Waals surface area contributed by atoms with Gasteiger partial charge in [0.1, 0.15) is 5.00 Å². The first-order valence-corrected chi connectivity index (χ1v) is 11.6. The molecule has 0 aliphatic heterocycles. The second kappa shape index (κ2) is 10.3. The number of esters is 1. The molecule has 1 atom stereocenters. The number of halogens is 17. The molecule has 4 nitrogen and oxygen atoms in total. The van der Waals surface area contributed by atoms with E-state index in [0.717, 1.165) is 5.32 Å². The van der Waals surface area contributed by atoms with E-state index in [2.05, 4.69) is 4.74 Å². The number of carbonyl (C=O) groups excluding carboxylic acids is 2. The van der Waals surface area contributed by atoms with Crippen molar-refractivity contribution in [3.8, 4) is 0 Å². The van der Waals surface area contributed by atoms with Crippen LogP contribution in [0.25, 0.3) is 0 Å². The SMILES string of the molecule is COC(=O)c1c(NC(=O)C(F)(F)C(F)(F)C(F)(F)C(F)(F)C(F)(F)C(F)(F)C(F)(F)C(F)(F)F)sc2c1CCC(C)C2. The number of thiophene rings is 1. The van der Waals surface area contributed by atoms with E-state index in [-0.39, 0.29) is 40.5 Å². The number of anilines is 1. The van der Waals surface area contributed by atoms with Crippen LogP contribution in [0.1, 0.15) is 34.1 Å². The first-order valence-electron chi connectivity index (χ1n) is 10.7. The molecule has 242 valence electrons. The number of methoxy groups -OCH3 is 1. The number of rotatable bonds is 9. The van der Waals surface area contributed by atoms with Gasteiger partial charge in [-0.2, -0.15) is 74.6 Å². The molecule has 1 heterocycles. The molecule has 0 fully saturated rings. The average molecular weight is 671 g/mol. The summed E-state index contributed by atoms with van der Waals surface area (Å²) in [6.07, 6.45) is -7.45. The monoisotopic (exact) mass is 671 g/mol. The van der Waals surface area contributed by atoms with Gasteiger partial charge in [0.2, 0.25) is 0 Å². The van der Waals surface area contributed by atoms with Gasteiger partial charge in [-0.3, -0.25) is 4.79 Å². The summed E-state index contributed by atoms with van der Waals surface area (Å²) in [4.78, 5) is 24.2. The number of hydrogen-bond donors (Lipinski definition) is 1. The summed E-state index contributed by atoms with van der Waals surface area (Å²) >= 11 is 0.234. The summed E-state index contributed by atoms with van der Waals surface area (Å²) < 4.78 is 233. The highest BCUT2D eigenvalue weighted by molar-refractivity contribution is 7.17. The number of amides is 1. The molecule has 0 aromatic carbocycles. The fraction of sp³-hybridized carbons (Fsp3) is 0.700. The smallest absolute Gasteiger partial charge is 0.460 e. The van der Waals surface area contributed by atoms with Crippen LogP contribution < -0.4 is 5.32 Å². The second-order valence-corrected chi connectivity index (χ2v) is 10.1. The number of alkyl halides is 17. The summed E-state index contributed by atoms with van der Waals surface area (Å²) in [7, 11) is 0.715. The molecule has 1 amide bonds. The van der Waals surface area contributed by atoms with E-state index in [1.165, 1.54) is 0 Å². The maximum atomic E-state index is 14.3. The normalized spacial score (nSPS) is 18.0. The van der Waals surface area contributed by atoms with E-state index in [1.807, 2.05) is 0 Å². The van der Waals surface area contributed by atoms with Crippen molar-refractivity contribution < 1.29 is 89.0 Å². The van der Waals surface area contributed by atoms with E-state index < -0.39 is 70.1 Å². The molecule has 0 radical (unpaired) electrons. The molecule has 1 aromatic heterocycles.